The summed E-state index contributed by atoms with van der Waals surface area (Å²) in [6, 6.07) is 8.07. The second-order valence-corrected chi connectivity index (χ2v) is 6.56. The van der Waals surface area contributed by atoms with Crippen molar-refractivity contribution in [1.29, 1.82) is 0 Å². The molecule has 1 heterocycles. The first-order valence-corrected chi connectivity index (χ1v) is 7.76. The highest BCUT2D eigenvalue weighted by molar-refractivity contribution is 9.10. The standard InChI is InChI=1S/C15H22BrN3O/c1-18(2)10-13-7-8-19(11-13)15(20)17-9-12-3-5-14(16)6-4-12/h3-6,13H,7-11H2,1-2H3,(H,17,20). The van der Waals surface area contributed by atoms with Gasteiger partial charge in [0.2, 0.25) is 0 Å². The number of nitrogens with one attached hydrogen (secondary N) is 1. The molecular weight excluding hydrogens is 318 g/mol. The minimum atomic E-state index is 0.0502. The van der Waals surface area contributed by atoms with Gasteiger partial charge in [0.1, 0.15) is 0 Å². The van der Waals surface area contributed by atoms with Crippen LogP contribution in [0.25, 0.3) is 0 Å². The van der Waals surface area contributed by atoms with E-state index in [0.717, 1.165) is 36.1 Å². The number of carbonyl (C=O) groups is 1. The van der Waals surface area contributed by atoms with Crippen LogP contribution in [0.2, 0.25) is 0 Å². The maximum Gasteiger partial charge on any atom is 0.317 e. The van der Waals surface area contributed by atoms with Gasteiger partial charge in [-0.15, -0.1) is 0 Å². The number of carbonyl (C=O) groups excluding carboxylic acids is 1. The molecule has 1 aromatic carbocycles. The molecule has 1 atom stereocenters. The first-order chi connectivity index (χ1) is 9.54. The molecule has 0 aliphatic carbocycles. The van der Waals surface area contributed by atoms with E-state index in [4.69, 9.17) is 0 Å². The fraction of sp³-hybridized carbons (Fsp3) is 0.533. The number of amides is 2. The van der Waals surface area contributed by atoms with Crippen LogP contribution in [0.5, 0.6) is 0 Å². The Morgan fingerprint density at radius 2 is 2.10 bits per heavy atom. The normalized spacial score (nSPS) is 18.6. The number of nitrogens with zero attached hydrogens (tertiary/aromatic N) is 2. The van der Waals surface area contributed by atoms with Gasteiger partial charge in [-0.2, -0.15) is 0 Å². The lowest BCUT2D eigenvalue weighted by Gasteiger charge is -2.19. The first kappa shape index (κ1) is 15.3. The van der Waals surface area contributed by atoms with Gasteiger partial charge < -0.3 is 15.1 Å². The third-order valence-corrected chi connectivity index (χ3v) is 4.08. The fourth-order valence-electron chi connectivity index (χ4n) is 2.57. The zero-order valence-electron chi connectivity index (χ0n) is 12.1. The molecule has 0 spiro atoms. The third-order valence-electron chi connectivity index (χ3n) is 3.55. The van der Waals surface area contributed by atoms with E-state index in [2.05, 4.69) is 40.2 Å². The molecule has 0 saturated carbocycles. The summed E-state index contributed by atoms with van der Waals surface area (Å²) in [6.07, 6.45) is 1.10. The van der Waals surface area contributed by atoms with E-state index in [9.17, 15) is 4.79 Å². The van der Waals surface area contributed by atoms with Gasteiger partial charge in [-0.1, -0.05) is 28.1 Å². The maximum absolute atomic E-state index is 12.1. The minimum Gasteiger partial charge on any atom is -0.334 e. The highest BCUT2D eigenvalue weighted by atomic mass is 79.9. The molecule has 0 radical (unpaired) electrons. The highest BCUT2D eigenvalue weighted by Crippen LogP contribution is 2.17. The number of hydrogen-bond acceptors (Lipinski definition) is 2. The lowest BCUT2D eigenvalue weighted by Crippen LogP contribution is -2.38. The molecule has 0 bridgehead atoms. The Labute approximate surface area is 129 Å². The molecule has 1 aliphatic heterocycles. The summed E-state index contributed by atoms with van der Waals surface area (Å²) < 4.78 is 1.05. The summed E-state index contributed by atoms with van der Waals surface area (Å²) in [5, 5.41) is 2.99. The second kappa shape index (κ2) is 7.09. The number of benzene rings is 1. The van der Waals surface area contributed by atoms with Crippen LogP contribution in [0.15, 0.2) is 28.7 Å². The SMILES string of the molecule is CN(C)CC1CCN(C(=O)NCc2ccc(Br)cc2)C1. The van der Waals surface area contributed by atoms with Crippen molar-refractivity contribution in [2.75, 3.05) is 33.7 Å². The van der Waals surface area contributed by atoms with Crippen molar-refractivity contribution in [3.63, 3.8) is 0 Å². The van der Waals surface area contributed by atoms with Gasteiger partial charge >= 0.3 is 6.03 Å². The van der Waals surface area contributed by atoms with Crippen LogP contribution >= 0.6 is 15.9 Å². The molecule has 20 heavy (non-hydrogen) atoms. The van der Waals surface area contributed by atoms with Gasteiger partial charge in [0.15, 0.2) is 0 Å². The van der Waals surface area contributed by atoms with Crippen LogP contribution in [0.4, 0.5) is 4.79 Å². The van der Waals surface area contributed by atoms with Gasteiger partial charge in [-0.05, 0) is 44.1 Å². The highest BCUT2D eigenvalue weighted by Gasteiger charge is 2.26. The Balaban J connectivity index is 1.77. The van der Waals surface area contributed by atoms with Gasteiger partial charge in [0.05, 0.1) is 0 Å². The minimum absolute atomic E-state index is 0.0502. The maximum atomic E-state index is 12.1. The Kier molecular flexibility index (Phi) is 5.43. The zero-order chi connectivity index (χ0) is 14.5. The summed E-state index contributed by atoms with van der Waals surface area (Å²) in [7, 11) is 4.16. The first-order valence-electron chi connectivity index (χ1n) is 6.96. The smallest absolute Gasteiger partial charge is 0.317 e. The molecule has 1 aromatic rings. The number of hydrogen-bond donors (Lipinski definition) is 1. The summed E-state index contributed by atoms with van der Waals surface area (Å²) in [5.74, 6) is 0.600. The largest absolute Gasteiger partial charge is 0.334 e. The lowest BCUT2D eigenvalue weighted by atomic mass is 10.1. The molecule has 1 saturated heterocycles. The molecule has 2 amide bonds. The van der Waals surface area contributed by atoms with Crippen molar-refractivity contribution in [3.05, 3.63) is 34.3 Å². The second-order valence-electron chi connectivity index (χ2n) is 5.65. The summed E-state index contributed by atoms with van der Waals surface area (Å²) in [4.78, 5) is 16.2. The van der Waals surface area contributed by atoms with E-state index in [1.165, 1.54) is 0 Å². The van der Waals surface area contributed by atoms with E-state index in [1.807, 2.05) is 29.2 Å². The van der Waals surface area contributed by atoms with Crippen molar-refractivity contribution >= 4 is 22.0 Å². The molecule has 1 N–H and O–H groups in total. The molecular formula is C15H22BrN3O. The van der Waals surface area contributed by atoms with E-state index >= 15 is 0 Å². The van der Waals surface area contributed by atoms with Gasteiger partial charge in [0.25, 0.3) is 0 Å². The Morgan fingerprint density at radius 1 is 1.40 bits per heavy atom. The molecule has 0 aromatic heterocycles. The molecule has 1 aliphatic rings. The van der Waals surface area contributed by atoms with Gasteiger partial charge in [0, 0.05) is 30.7 Å². The number of urea groups is 1. The molecule has 110 valence electrons. The van der Waals surface area contributed by atoms with E-state index < -0.39 is 0 Å². The van der Waals surface area contributed by atoms with Crippen molar-refractivity contribution < 1.29 is 4.79 Å². The predicted octanol–water partition coefficient (Wildman–Crippen LogP) is 2.54. The van der Waals surface area contributed by atoms with Crippen molar-refractivity contribution in [1.82, 2.24) is 15.1 Å². The van der Waals surface area contributed by atoms with Crippen LogP contribution in [-0.4, -0.2) is 49.6 Å². The zero-order valence-corrected chi connectivity index (χ0v) is 13.7. The van der Waals surface area contributed by atoms with Crippen LogP contribution in [0.3, 0.4) is 0 Å². The predicted molar refractivity (Wildman–Crippen MR) is 84.6 cm³/mol. The topological polar surface area (TPSA) is 35.6 Å². The van der Waals surface area contributed by atoms with Crippen LogP contribution in [0, 0.1) is 5.92 Å². The molecule has 1 unspecified atom stereocenters. The monoisotopic (exact) mass is 339 g/mol. The number of halogens is 1. The van der Waals surface area contributed by atoms with Crippen LogP contribution < -0.4 is 5.32 Å². The van der Waals surface area contributed by atoms with Crippen molar-refractivity contribution in [3.8, 4) is 0 Å². The van der Waals surface area contributed by atoms with Crippen LogP contribution in [0.1, 0.15) is 12.0 Å². The third kappa shape index (κ3) is 4.49. The Bertz CT molecular complexity index is 447. The summed E-state index contributed by atoms with van der Waals surface area (Å²) >= 11 is 3.41. The average molecular weight is 340 g/mol. The van der Waals surface area contributed by atoms with E-state index in [-0.39, 0.29) is 6.03 Å². The average Bonchev–Trinajstić information content (AvgIpc) is 2.85. The number of rotatable bonds is 4. The molecule has 1 fully saturated rings. The Morgan fingerprint density at radius 3 is 2.75 bits per heavy atom. The number of likely N-dealkylation sites (tertiary alicyclic amines) is 1. The van der Waals surface area contributed by atoms with Gasteiger partial charge in [-0.25, -0.2) is 4.79 Å². The van der Waals surface area contributed by atoms with Crippen molar-refractivity contribution in [2.45, 2.75) is 13.0 Å². The van der Waals surface area contributed by atoms with Crippen molar-refractivity contribution in [2.24, 2.45) is 5.92 Å². The quantitative estimate of drug-likeness (QED) is 0.914. The Hall–Kier alpha value is -1.07. The molecule has 5 heteroatoms. The fourth-order valence-corrected chi connectivity index (χ4v) is 2.84. The van der Waals surface area contributed by atoms with Gasteiger partial charge in [-0.3, -0.25) is 0 Å². The molecule has 4 nitrogen and oxygen atoms in total. The lowest BCUT2D eigenvalue weighted by molar-refractivity contribution is 0.205. The van der Waals surface area contributed by atoms with E-state index in [0.29, 0.717) is 12.5 Å². The van der Waals surface area contributed by atoms with E-state index in [1.54, 1.807) is 0 Å². The van der Waals surface area contributed by atoms with Crippen LogP contribution in [-0.2, 0) is 6.54 Å². The molecule has 2 rings (SSSR count). The summed E-state index contributed by atoms with van der Waals surface area (Å²) in [6.45, 7) is 3.37. The summed E-state index contributed by atoms with van der Waals surface area (Å²) in [5.41, 5.74) is 1.12.